The second-order valence-corrected chi connectivity index (χ2v) is 5.00. The quantitative estimate of drug-likeness (QED) is 0.722. The van der Waals surface area contributed by atoms with Crippen LogP contribution in [0.1, 0.15) is 39.3 Å². The zero-order chi connectivity index (χ0) is 16.1. The Labute approximate surface area is 122 Å². The number of nitrogens with one attached hydrogen (secondary N) is 2. The van der Waals surface area contributed by atoms with Crippen molar-refractivity contribution in [3.63, 3.8) is 0 Å². The Morgan fingerprint density at radius 1 is 1.24 bits per heavy atom. The molecule has 3 N–H and O–H groups in total. The van der Waals surface area contributed by atoms with Gasteiger partial charge in [0, 0.05) is 24.8 Å². The first-order valence-corrected chi connectivity index (χ1v) is 6.83. The van der Waals surface area contributed by atoms with E-state index >= 15 is 0 Å². The van der Waals surface area contributed by atoms with Crippen LogP contribution < -0.4 is 10.6 Å². The van der Waals surface area contributed by atoms with Crippen molar-refractivity contribution in [3.8, 4) is 0 Å². The summed E-state index contributed by atoms with van der Waals surface area (Å²) in [5, 5.41) is 14.7. The highest BCUT2D eigenvalue weighted by Crippen LogP contribution is 2.31. The minimum Gasteiger partial charge on any atom is -0.396 e. The van der Waals surface area contributed by atoms with Crippen molar-refractivity contribution in [3.05, 3.63) is 11.8 Å². The Morgan fingerprint density at radius 3 is 2.38 bits per heavy atom. The highest BCUT2D eigenvalue weighted by Gasteiger charge is 2.34. The van der Waals surface area contributed by atoms with Gasteiger partial charge >= 0.3 is 6.18 Å². The molecule has 21 heavy (non-hydrogen) atoms. The first-order chi connectivity index (χ1) is 9.74. The molecule has 1 unspecified atom stereocenters. The predicted octanol–water partition coefficient (Wildman–Crippen LogP) is 2.89. The SMILES string of the molecule is CCNc1nc(NC(C)(CC)CCO)cc(C(F)(F)F)n1. The van der Waals surface area contributed by atoms with Crippen LogP contribution >= 0.6 is 0 Å². The van der Waals surface area contributed by atoms with Crippen molar-refractivity contribution in [2.24, 2.45) is 0 Å². The van der Waals surface area contributed by atoms with Crippen LogP contribution in [0.2, 0.25) is 0 Å². The molecule has 0 spiro atoms. The summed E-state index contributed by atoms with van der Waals surface area (Å²) in [6.07, 6.45) is -3.50. The molecule has 0 aromatic carbocycles. The first-order valence-electron chi connectivity index (χ1n) is 6.83. The van der Waals surface area contributed by atoms with E-state index in [0.717, 1.165) is 6.07 Å². The van der Waals surface area contributed by atoms with Gasteiger partial charge in [0.25, 0.3) is 0 Å². The van der Waals surface area contributed by atoms with Gasteiger partial charge in [0.15, 0.2) is 5.69 Å². The maximum absolute atomic E-state index is 12.9. The third kappa shape index (κ3) is 5.04. The number of hydrogen-bond donors (Lipinski definition) is 3. The largest absolute Gasteiger partial charge is 0.433 e. The topological polar surface area (TPSA) is 70.1 Å². The zero-order valence-electron chi connectivity index (χ0n) is 12.4. The summed E-state index contributed by atoms with van der Waals surface area (Å²) < 4.78 is 38.6. The molecule has 1 aromatic heterocycles. The summed E-state index contributed by atoms with van der Waals surface area (Å²) in [6.45, 7) is 5.82. The van der Waals surface area contributed by atoms with Crippen molar-refractivity contribution in [2.75, 3.05) is 23.8 Å². The number of nitrogens with zero attached hydrogens (tertiary/aromatic N) is 2. The first kappa shape index (κ1) is 17.5. The second-order valence-electron chi connectivity index (χ2n) is 5.00. The Morgan fingerprint density at radius 2 is 1.90 bits per heavy atom. The maximum atomic E-state index is 12.9. The van der Waals surface area contributed by atoms with E-state index in [0.29, 0.717) is 19.4 Å². The highest BCUT2D eigenvalue weighted by atomic mass is 19.4. The van der Waals surface area contributed by atoms with Crippen molar-refractivity contribution < 1.29 is 18.3 Å². The van der Waals surface area contributed by atoms with Gasteiger partial charge in [0.2, 0.25) is 5.95 Å². The summed E-state index contributed by atoms with van der Waals surface area (Å²) in [4.78, 5) is 7.50. The van der Waals surface area contributed by atoms with Gasteiger partial charge in [0.05, 0.1) is 0 Å². The number of rotatable bonds is 7. The minimum absolute atomic E-state index is 0.0609. The second kappa shape index (κ2) is 6.93. The zero-order valence-corrected chi connectivity index (χ0v) is 12.4. The van der Waals surface area contributed by atoms with Crippen molar-refractivity contribution in [1.29, 1.82) is 0 Å². The van der Waals surface area contributed by atoms with E-state index in [-0.39, 0.29) is 18.4 Å². The Kier molecular flexibility index (Phi) is 5.77. The molecule has 0 amide bonds. The third-order valence-corrected chi connectivity index (χ3v) is 3.23. The average Bonchev–Trinajstić information content (AvgIpc) is 2.38. The lowest BCUT2D eigenvalue weighted by Crippen LogP contribution is -2.35. The third-order valence-electron chi connectivity index (χ3n) is 3.23. The number of alkyl halides is 3. The summed E-state index contributed by atoms with van der Waals surface area (Å²) in [6, 6.07) is 0.881. The molecule has 8 heteroatoms. The average molecular weight is 306 g/mol. The molecule has 0 aliphatic carbocycles. The molecule has 0 aliphatic heterocycles. The standard InChI is InChI=1S/C13H21F3N4O/c1-4-12(3,6-7-21)20-10-8-9(13(14,15)16)18-11(19-10)17-5-2/h8,21H,4-7H2,1-3H3,(H2,17,18,19,20). The minimum atomic E-state index is -4.54. The van der Waals surface area contributed by atoms with Crippen LogP contribution in [0.3, 0.4) is 0 Å². The molecule has 0 saturated heterocycles. The van der Waals surface area contributed by atoms with Gasteiger partial charge in [0.1, 0.15) is 5.82 Å². The van der Waals surface area contributed by atoms with Crippen LogP contribution in [0.25, 0.3) is 0 Å². The van der Waals surface area contributed by atoms with Gasteiger partial charge in [-0.15, -0.1) is 0 Å². The van der Waals surface area contributed by atoms with Crippen molar-refractivity contribution in [2.45, 2.75) is 45.3 Å². The van der Waals surface area contributed by atoms with Crippen molar-refractivity contribution in [1.82, 2.24) is 9.97 Å². The molecular formula is C13H21F3N4O. The van der Waals surface area contributed by atoms with Gasteiger partial charge in [-0.3, -0.25) is 0 Å². The fourth-order valence-electron chi connectivity index (χ4n) is 1.78. The number of aromatic nitrogens is 2. The van der Waals surface area contributed by atoms with Crippen LogP contribution in [-0.4, -0.2) is 33.8 Å². The summed E-state index contributed by atoms with van der Waals surface area (Å²) >= 11 is 0. The lowest BCUT2D eigenvalue weighted by molar-refractivity contribution is -0.141. The van der Waals surface area contributed by atoms with Gasteiger partial charge in [-0.1, -0.05) is 6.92 Å². The van der Waals surface area contributed by atoms with Crippen LogP contribution in [0.5, 0.6) is 0 Å². The highest BCUT2D eigenvalue weighted by molar-refractivity contribution is 5.45. The van der Waals surface area contributed by atoms with Gasteiger partial charge in [-0.2, -0.15) is 18.2 Å². The molecule has 0 aliphatic rings. The van der Waals surface area contributed by atoms with Crippen LogP contribution in [0.4, 0.5) is 24.9 Å². The van der Waals surface area contributed by atoms with Crippen LogP contribution in [-0.2, 0) is 6.18 Å². The summed E-state index contributed by atoms with van der Waals surface area (Å²) in [5.74, 6) is 0.0170. The lowest BCUT2D eigenvalue weighted by atomic mass is 9.95. The molecule has 1 aromatic rings. The van der Waals surface area contributed by atoms with Crippen LogP contribution in [0, 0.1) is 0 Å². The summed E-state index contributed by atoms with van der Waals surface area (Å²) in [5.41, 5.74) is -1.53. The smallest absolute Gasteiger partial charge is 0.396 e. The molecule has 1 heterocycles. The molecule has 5 nitrogen and oxygen atoms in total. The molecule has 1 atom stereocenters. The van der Waals surface area contributed by atoms with Gasteiger partial charge in [-0.25, -0.2) is 4.98 Å². The fourth-order valence-corrected chi connectivity index (χ4v) is 1.78. The monoisotopic (exact) mass is 306 g/mol. The van der Waals surface area contributed by atoms with Crippen LogP contribution in [0.15, 0.2) is 6.07 Å². The van der Waals surface area contributed by atoms with Gasteiger partial charge in [-0.05, 0) is 26.7 Å². The molecule has 0 saturated carbocycles. The molecule has 0 radical (unpaired) electrons. The molecule has 1 rings (SSSR count). The maximum Gasteiger partial charge on any atom is 0.433 e. The number of aliphatic hydroxyl groups is 1. The van der Waals surface area contributed by atoms with Gasteiger partial charge < -0.3 is 15.7 Å². The number of anilines is 2. The Bertz CT molecular complexity index is 467. The normalized spacial score (nSPS) is 14.6. The van der Waals surface area contributed by atoms with E-state index in [1.54, 1.807) is 6.92 Å². The number of hydrogen-bond acceptors (Lipinski definition) is 5. The fraction of sp³-hybridized carbons (Fsp3) is 0.692. The molecule has 120 valence electrons. The number of halogens is 3. The Balaban J connectivity index is 3.13. The van der Waals surface area contributed by atoms with E-state index in [2.05, 4.69) is 20.6 Å². The Hall–Kier alpha value is -1.57. The van der Waals surface area contributed by atoms with E-state index in [1.165, 1.54) is 0 Å². The van der Waals surface area contributed by atoms with E-state index in [9.17, 15) is 13.2 Å². The molecular weight excluding hydrogens is 285 g/mol. The molecule has 0 fully saturated rings. The van der Waals surface area contributed by atoms with Crippen molar-refractivity contribution >= 4 is 11.8 Å². The van der Waals surface area contributed by atoms with E-state index in [1.807, 2.05) is 13.8 Å². The van der Waals surface area contributed by atoms with E-state index < -0.39 is 17.4 Å². The summed E-state index contributed by atoms with van der Waals surface area (Å²) in [7, 11) is 0. The molecule has 0 bridgehead atoms. The number of aliphatic hydroxyl groups excluding tert-OH is 1. The van der Waals surface area contributed by atoms with E-state index in [4.69, 9.17) is 5.11 Å². The lowest BCUT2D eigenvalue weighted by Gasteiger charge is -2.30. The predicted molar refractivity (Wildman–Crippen MR) is 75.2 cm³/mol.